The largest absolute Gasteiger partial charge is 0.342 e. The summed E-state index contributed by atoms with van der Waals surface area (Å²) < 4.78 is 0. The third-order valence-corrected chi connectivity index (χ3v) is 6.86. The van der Waals surface area contributed by atoms with Crippen molar-refractivity contribution in [1.29, 1.82) is 0 Å². The number of aryl methyl sites for hydroxylation is 2. The summed E-state index contributed by atoms with van der Waals surface area (Å²) in [7, 11) is 0. The van der Waals surface area contributed by atoms with E-state index >= 15 is 0 Å². The molecule has 5 nitrogen and oxygen atoms in total. The van der Waals surface area contributed by atoms with E-state index in [1.54, 1.807) is 0 Å². The number of carbonyl (C=O) groups is 2. The molecule has 3 atom stereocenters. The van der Waals surface area contributed by atoms with Gasteiger partial charge in [-0.15, -0.1) is 0 Å². The number of nitrogens with one attached hydrogen (secondary N) is 1. The SMILES string of the molecule is Cc1cc(C)cc(C(=O)N2CCCC(C(=O)N3CC[C@@H]4CNC[C@@H]4CC3)C2)c1. The minimum atomic E-state index is -0.0420. The summed E-state index contributed by atoms with van der Waals surface area (Å²) in [6, 6.07) is 6.01. The summed E-state index contributed by atoms with van der Waals surface area (Å²) in [5, 5.41) is 3.49. The van der Waals surface area contributed by atoms with E-state index in [4.69, 9.17) is 0 Å². The highest BCUT2D eigenvalue weighted by molar-refractivity contribution is 5.95. The van der Waals surface area contributed by atoms with Gasteiger partial charge in [-0.2, -0.15) is 0 Å². The van der Waals surface area contributed by atoms with Gasteiger partial charge in [-0.3, -0.25) is 9.59 Å². The van der Waals surface area contributed by atoms with Gasteiger partial charge in [-0.1, -0.05) is 17.2 Å². The number of hydrogen-bond acceptors (Lipinski definition) is 3. The first kappa shape index (κ1) is 19.4. The van der Waals surface area contributed by atoms with Crippen molar-refractivity contribution >= 4 is 11.8 Å². The van der Waals surface area contributed by atoms with Crippen LogP contribution in [0.2, 0.25) is 0 Å². The molecule has 2 amide bonds. The standard InChI is InChI=1S/C23H33N3O2/c1-16-10-17(2)12-21(11-16)23(28)26-7-3-4-20(15-26)22(27)25-8-5-18-13-24-14-19(18)6-9-25/h10-12,18-20,24H,3-9,13-15H2,1-2H3/t18-,19+,20?. The minimum absolute atomic E-state index is 0.0420. The van der Waals surface area contributed by atoms with Crippen molar-refractivity contribution in [3.63, 3.8) is 0 Å². The number of carbonyl (C=O) groups excluding carboxylic acids is 2. The van der Waals surface area contributed by atoms with Crippen LogP contribution in [0, 0.1) is 31.6 Å². The first-order valence-electron chi connectivity index (χ1n) is 10.9. The Morgan fingerprint density at radius 1 is 0.893 bits per heavy atom. The van der Waals surface area contributed by atoms with Crippen LogP contribution in [0.15, 0.2) is 18.2 Å². The Morgan fingerprint density at radius 3 is 2.18 bits per heavy atom. The molecule has 5 heteroatoms. The second-order valence-corrected chi connectivity index (χ2v) is 9.05. The summed E-state index contributed by atoms with van der Waals surface area (Å²) in [6.07, 6.45) is 4.04. The Kier molecular flexibility index (Phi) is 5.72. The van der Waals surface area contributed by atoms with Crippen molar-refractivity contribution in [2.45, 2.75) is 39.5 Å². The van der Waals surface area contributed by atoms with Gasteiger partial charge in [0.2, 0.25) is 5.91 Å². The van der Waals surface area contributed by atoms with E-state index in [1.807, 2.05) is 30.9 Å². The van der Waals surface area contributed by atoms with Crippen molar-refractivity contribution < 1.29 is 9.59 Å². The van der Waals surface area contributed by atoms with Gasteiger partial charge in [0.15, 0.2) is 0 Å². The van der Waals surface area contributed by atoms with Crippen LogP contribution >= 0.6 is 0 Å². The zero-order valence-corrected chi connectivity index (χ0v) is 17.2. The fourth-order valence-corrected chi connectivity index (χ4v) is 5.34. The molecule has 3 fully saturated rings. The van der Waals surface area contributed by atoms with Crippen LogP contribution in [-0.2, 0) is 4.79 Å². The summed E-state index contributed by atoms with van der Waals surface area (Å²) in [4.78, 5) is 30.2. The molecule has 1 N–H and O–H groups in total. The smallest absolute Gasteiger partial charge is 0.253 e. The number of hydrogen-bond donors (Lipinski definition) is 1. The molecule has 0 spiro atoms. The van der Waals surface area contributed by atoms with Gasteiger partial charge in [0.25, 0.3) is 5.91 Å². The van der Waals surface area contributed by atoms with Crippen LogP contribution in [0.25, 0.3) is 0 Å². The predicted molar refractivity (Wildman–Crippen MR) is 110 cm³/mol. The van der Waals surface area contributed by atoms with Gasteiger partial charge in [-0.05, 0) is 76.6 Å². The topological polar surface area (TPSA) is 52.7 Å². The molecule has 1 aromatic rings. The lowest BCUT2D eigenvalue weighted by Gasteiger charge is -2.35. The zero-order valence-electron chi connectivity index (χ0n) is 17.2. The maximum Gasteiger partial charge on any atom is 0.253 e. The Labute approximate surface area is 168 Å². The van der Waals surface area contributed by atoms with E-state index < -0.39 is 0 Å². The Bertz CT molecular complexity index is 713. The average molecular weight is 384 g/mol. The number of likely N-dealkylation sites (tertiary alicyclic amines) is 2. The average Bonchev–Trinajstić information content (AvgIpc) is 3.04. The molecule has 3 heterocycles. The summed E-state index contributed by atoms with van der Waals surface area (Å²) in [6.45, 7) is 9.34. The molecule has 1 unspecified atom stereocenters. The number of benzene rings is 1. The van der Waals surface area contributed by atoms with E-state index in [9.17, 15) is 9.59 Å². The van der Waals surface area contributed by atoms with Crippen molar-refractivity contribution in [3.05, 3.63) is 34.9 Å². The van der Waals surface area contributed by atoms with Gasteiger partial charge in [-0.25, -0.2) is 0 Å². The lowest BCUT2D eigenvalue weighted by Crippen LogP contribution is -2.47. The molecule has 3 aliphatic heterocycles. The summed E-state index contributed by atoms with van der Waals surface area (Å²) in [5.41, 5.74) is 2.97. The van der Waals surface area contributed by atoms with Crippen molar-refractivity contribution in [1.82, 2.24) is 15.1 Å². The Hall–Kier alpha value is -1.88. The Balaban J connectivity index is 1.40. The summed E-state index contributed by atoms with van der Waals surface area (Å²) in [5.74, 6) is 1.75. The number of rotatable bonds is 2. The van der Waals surface area contributed by atoms with Crippen molar-refractivity contribution in [2.75, 3.05) is 39.3 Å². The molecule has 0 aromatic heterocycles. The molecule has 1 aromatic carbocycles. The van der Waals surface area contributed by atoms with E-state index in [1.165, 1.54) is 0 Å². The third-order valence-electron chi connectivity index (χ3n) is 6.86. The van der Waals surface area contributed by atoms with Crippen LogP contribution in [0.1, 0.15) is 47.2 Å². The van der Waals surface area contributed by atoms with E-state index in [-0.39, 0.29) is 17.7 Å². The number of piperidine rings is 1. The summed E-state index contributed by atoms with van der Waals surface area (Å²) >= 11 is 0. The molecule has 152 valence electrons. The maximum atomic E-state index is 13.2. The second-order valence-electron chi connectivity index (χ2n) is 9.05. The van der Waals surface area contributed by atoms with Gasteiger partial charge < -0.3 is 15.1 Å². The van der Waals surface area contributed by atoms with Crippen LogP contribution in [0.3, 0.4) is 0 Å². The normalized spacial score (nSPS) is 28.0. The van der Waals surface area contributed by atoms with Crippen LogP contribution in [-0.4, -0.2) is 60.9 Å². The van der Waals surface area contributed by atoms with Crippen molar-refractivity contribution in [2.24, 2.45) is 17.8 Å². The quantitative estimate of drug-likeness (QED) is 0.854. The molecule has 0 saturated carbocycles. The van der Waals surface area contributed by atoms with Crippen molar-refractivity contribution in [3.8, 4) is 0 Å². The highest BCUT2D eigenvalue weighted by Gasteiger charge is 2.35. The lowest BCUT2D eigenvalue weighted by molar-refractivity contribution is -0.137. The molecule has 0 aliphatic carbocycles. The molecule has 0 bridgehead atoms. The number of nitrogens with zero attached hydrogens (tertiary/aromatic N) is 2. The molecule has 0 radical (unpaired) electrons. The van der Waals surface area contributed by atoms with E-state index in [2.05, 4.69) is 16.3 Å². The van der Waals surface area contributed by atoms with E-state index in [0.29, 0.717) is 6.54 Å². The van der Waals surface area contributed by atoms with Crippen LogP contribution < -0.4 is 5.32 Å². The van der Waals surface area contributed by atoms with Gasteiger partial charge in [0.05, 0.1) is 5.92 Å². The minimum Gasteiger partial charge on any atom is -0.342 e. The van der Waals surface area contributed by atoms with Gasteiger partial charge in [0.1, 0.15) is 0 Å². The predicted octanol–water partition coefficient (Wildman–Crippen LogP) is 2.61. The Morgan fingerprint density at radius 2 is 1.54 bits per heavy atom. The molecule has 28 heavy (non-hydrogen) atoms. The molecule has 3 aliphatic rings. The molecule has 3 saturated heterocycles. The first-order chi connectivity index (χ1) is 13.5. The zero-order chi connectivity index (χ0) is 19.7. The van der Waals surface area contributed by atoms with Gasteiger partial charge >= 0.3 is 0 Å². The monoisotopic (exact) mass is 383 g/mol. The number of amides is 2. The molecule has 4 rings (SSSR count). The van der Waals surface area contributed by atoms with Crippen LogP contribution in [0.5, 0.6) is 0 Å². The van der Waals surface area contributed by atoms with Gasteiger partial charge in [0, 0.05) is 31.7 Å². The van der Waals surface area contributed by atoms with Crippen LogP contribution in [0.4, 0.5) is 0 Å². The lowest BCUT2D eigenvalue weighted by atomic mass is 9.92. The molecular weight excluding hydrogens is 350 g/mol. The molecular formula is C23H33N3O2. The first-order valence-corrected chi connectivity index (χ1v) is 10.9. The fraction of sp³-hybridized carbons (Fsp3) is 0.652. The highest BCUT2D eigenvalue weighted by Crippen LogP contribution is 2.29. The van der Waals surface area contributed by atoms with E-state index in [0.717, 1.165) is 86.9 Å². The highest BCUT2D eigenvalue weighted by atomic mass is 16.2. The maximum absolute atomic E-state index is 13.2. The third kappa shape index (κ3) is 4.09. The number of fused-ring (bicyclic) bond motifs is 1. The fourth-order valence-electron chi connectivity index (χ4n) is 5.34. The second kappa shape index (κ2) is 8.24.